The van der Waals surface area contributed by atoms with Crippen molar-refractivity contribution in [3.05, 3.63) is 88.3 Å². The number of aromatic nitrogens is 2. The molecule has 3 atom stereocenters. The topological polar surface area (TPSA) is 147 Å². The molecule has 0 saturated heterocycles. The van der Waals surface area contributed by atoms with Gasteiger partial charge in [-0.25, -0.2) is 0 Å². The van der Waals surface area contributed by atoms with E-state index in [1.54, 1.807) is 25.5 Å². The second-order valence-electron chi connectivity index (χ2n) is 13.5. The number of benzene rings is 2. The van der Waals surface area contributed by atoms with E-state index in [1.807, 2.05) is 30.5 Å². The van der Waals surface area contributed by atoms with Crippen LogP contribution in [0.3, 0.4) is 0 Å². The number of para-hydroxylation sites is 1. The van der Waals surface area contributed by atoms with Crippen LogP contribution in [-0.4, -0.2) is 64.6 Å². The van der Waals surface area contributed by atoms with Gasteiger partial charge >= 0.3 is 6.18 Å². The first-order valence-electron chi connectivity index (χ1n) is 17.9. The van der Waals surface area contributed by atoms with Gasteiger partial charge in [0.05, 0.1) is 22.7 Å². The van der Waals surface area contributed by atoms with Crippen LogP contribution < -0.4 is 16.8 Å². The number of nitrogens with two attached hydrogens (primary N) is 2. The normalized spacial score (nSPS) is 19.6. The number of amides is 1. The highest BCUT2D eigenvalue weighted by atomic mass is 35.5. The van der Waals surface area contributed by atoms with Crippen molar-refractivity contribution in [2.24, 2.45) is 17.4 Å². The number of ketones is 2. The van der Waals surface area contributed by atoms with E-state index < -0.39 is 29.7 Å². The molecule has 53 heavy (non-hydrogen) atoms. The van der Waals surface area contributed by atoms with Crippen molar-refractivity contribution in [2.75, 3.05) is 20.1 Å². The Hall–Kier alpha value is -3.75. The van der Waals surface area contributed by atoms with Gasteiger partial charge in [-0.15, -0.1) is 0 Å². The van der Waals surface area contributed by atoms with E-state index in [0.29, 0.717) is 55.0 Å². The molecule has 14 heteroatoms. The van der Waals surface area contributed by atoms with Crippen LogP contribution in [0.5, 0.6) is 0 Å². The van der Waals surface area contributed by atoms with Crippen LogP contribution in [-0.2, 0) is 39.9 Å². The van der Waals surface area contributed by atoms with Crippen LogP contribution >= 0.6 is 23.4 Å². The molecule has 5 rings (SSSR count). The fourth-order valence-corrected chi connectivity index (χ4v) is 8.29. The number of aromatic amines is 1. The van der Waals surface area contributed by atoms with Crippen molar-refractivity contribution in [1.82, 2.24) is 20.2 Å². The number of nitrogens with one attached hydrogen (secondary N) is 2. The molecule has 1 amide bonds. The van der Waals surface area contributed by atoms with E-state index in [9.17, 15) is 27.6 Å². The zero-order valence-corrected chi connectivity index (χ0v) is 31.3. The van der Waals surface area contributed by atoms with Crippen molar-refractivity contribution in [1.29, 1.82) is 0 Å². The van der Waals surface area contributed by atoms with Crippen LogP contribution in [0.4, 0.5) is 13.2 Å². The predicted molar refractivity (Wildman–Crippen MR) is 202 cm³/mol. The van der Waals surface area contributed by atoms with Gasteiger partial charge in [0.2, 0.25) is 5.91 Å². The average molecular weight is 771 g/mol. The third-order valence-corrected chi connectivity index (χ3v) is 11.6. The lowest BCUT2D eigenvalue weighted by Gasteiger charge is -2.31. The molecular weight excluding hydrogens is 725 g/mol. The number of Topliss-reactive ketones (excluding diaryl/α,β-unsaturated/α-hetero) is 2. The summed E-state index contributed by atoms with van der Waals surface area (Å²) in [6.07, 6.45) is 2.96. The highest BCUT2D eigenvalue weighted by molar-refractivity contribution is 7.99. The number of likely N-dealkylation sites (N-methyl/N-ethyl adjacent to an activating group) is 1. The van der Waals surface area contributed by atoms with Crippen molar-refractivity contribution in [2.45, 2.75) is 92.4 Å². The number of H-pyrrole nitrogens is 1. The molecule has 2 aromatic carbocycles. The lowest BCUT2D eigenvalue weighted by molar-refractivity contribution is -0.143. The lowest BCUT2D eigenvalue weighted by Crippen LogP contribution is -2.47. The molecule has 1 aliphatic heterocycles. The van der Waals surface area contributed by atoms with Crippen molar-refractivity contribution < 1.29 is 27.6 Å². The van der Waals surface area contributed by atoms with Crippen LogP contribution in [0.1, 0.15) is 67.2 Å². The largest absolute Gasteiger partial charge is 0.416 e. The molecule has 0 spiro atoms. The van der Waals surface area contributed by atoms with Gasteiger partial charge in [0.25, 0.3) is 0 Å². The second-order valence-corrected chi connectivity index (χ2v) is 15.0. The molecule has 0 radical (unpaired) electrons. The van der Waals surface area contributed by atoms with E-state index >= 15 is 0 Å². The molecule has 4 aromatic rings. The third kappa shape index (κ3) is 10.3. The number of nitrogens with zero attached hydrogens (tertiary/aromatic N) is 2. The minimum atomic E-state index is -4.67. The van der Waals surface area contributed by atoms with Gasteiger partial charge in [-0.2, -0.15) is 13.2 Å². The van der Waals surface area contributed by atoms with Crippen LogP contribution in [0, 0.1) is 5.92 Å². The number of unbranched alkanes of at least 4 members (excludes halogenated alkanes) is 1. The van der Waals surface area contributed by atoms with Gasteiger partial charge in [0.1, 0.15) is 0 Å². The fourth-order valence-electron chi connectivity index (χ4n) is 6.88. The predicted octanol–water partition coefficient (Wildman–Crippen LogP) is 6.87. The number of alkyl halides is 3. The molecule has 0 aliphatic carbocycles. The molecule has 0 saturated carbocycles. The van der Waals surface area contributed by atoms with E-state index in [1.165, 1.54) is 16.7 Å². The van der Waals surface area contributed by atoms with Crippen LogP contribution in [0.25, 0.3) is 10.9 Å². The number of hydrogen-bond donors (Lipinski definition) is 4. The Labute approximate surface area is 316 Å². The summed E-state index contributed by atoms with van der Waals surface area (Å²) in [7, 11) is 1.57. The smallest absolute Gasteiger partial charge is 0.361 e. The highest BCUT2D eigenvalue weighted by Gasteiger charge is 2.35. The molecular formula is C39H46ClF3N6O3S. The average Bonchev–Trinajstić information content (AvgIpc) is 3.55. The van der Waals surface area contributed by atoms with Crippen molar-refractivity contribution >= 4 is 51.7 Å². The summed E-state index contributed by atoms with van der Waals surface area (Å²) >= 11 is 7.77. The first-order chi connectivity index (χ1) is 25.4. The molecule has 0 fully saturated rings. The maximum atomic E-state index is 14.5. The van der Waals surface area contributed by atoms with Gasteiger partial charge in [-0.3, -0.25) is 19.4 Å². The van der Waals surface area contributed by atoms with Gasteiger partial charge in [0.15, 0.2) is 11.6 Å². The summed E-state index contributed by atoms with van der Waals surface area (Å²) in [5.41, 5.74) is 13.4. The standard InChI is InChI=1S/C39H46ClF3N6O3S/c1-49-33(18-27-22-47-31-9-3-2-8-29(27)31)34(50)12-11-24-17-28(39(41,42)43)20-30(40)37(24)53-36-23-46-16-13-26(36)21-48-32(10-6-15-45)35(51)19-25(38(49)52)7-4-5-14-44/h2-3,8-9,13,16-17,20,22-23,25,32-33,47-48H,4-7,10-12,14-15,18-19,21,44-45H2,1H3/t25-,32+,33+/m1/s1. The Morgan fingerprint density at radius 1 is 0.981 bits per heavy atom. The zero-order valence-electron chi connectivity index (χ0n) is 29.7. The first-order valence-corrected chi connectivity index (χ1v) is 19.1. The Balaban J connectivity index is 1.61. The number of carbonyl (C=O) groups excluding carboxylic acids is 3. The number of aryl methyl sites for hydroxylation is 1. The zero-order chi connectivity index (χ0) is 38.1. The SMILES string of the molecule is CN1C(=O)[C@H](CCCCN)CC(=O)[C@H](CCCN)NCc2ccncc2Sc2c(Cl)cc(C(F)(F)F)cc2CCC(=O)[C@@H]1Cc1c[nH]c2ccccc12. The number of rotatable bonds is 9. The highest BCUT2D eigenvalue weighted by Crippen LogP contribution is 2.42. The Kier molecular flexibility index (Phi) is 14.1. The second kappa shape index (κ2) is 18.5. The van der Waals surface area contributed by atoms with E-state index in [2.05, 4.69) is 15.3 Å². The van der Waals surface area contributed by atoms with Gasteiger partial charge < -0.3 is 26.7 Å². The number of fused-ring (bicyclic) bond motifs is 3. The number of pyridine rings is 1. The fraction of sp³-hybridized carbons (Fsp3) is 0.436. The van der Waals surface area contributed by atoms with Crippen LogP contribution in [0.2, 0.25) is 5.02 Å². The quantitative estimate of drug-likeness (QED) is 0.135. The minimum absolute atomic E-state index is 0.0385. The third-order valence-electron chi connectivity index (χ3n) is 9.87. The number of halogens is 4. The molecule has 284 valence electrons. The van der Waals surface area contributed by atoms with E-state index in [-0.39, 0.29) is 60.3 Å². The molecule has 2 aromatic heterocycles. The van der Waals surface area contributed by atoms with Gasteiger partial charge in [-0.05, 0) is 86.1 Å². The maximum Gasteiger partial charge on any atom is 0.416 e. The Morgan fingerprint density at radius 2 is 1.75 bits per heavy atom. The maximum absolute atomic E-state index is 14.5. The summed E-state index contributed by atoms with van der Waals surface area (Å²) < 4.78 is 42.2. The van der Waals surface area contributed by atoms with Gasteiger partial charge in [-0.1, -0.05) is 48.0 Å². The summed E-state index contributed by atoms with van der Waals surface area (Å²) in [4.78, 5) is 52.8. The van der Waals surface area contributed by atoms with Crippen molar-refractivity contribution in [3.8, 4) is 0 Å². The number of carbonyl (C=O) groups is 3. The minimum Gasteiger partial charge on any atom is -0.361 e. The number of hydrogen-bond acceptors (Lipinski definition) is 8. The first kappa shape index (κ1) is 40.4. The summed E-state index contributed by atoms with van der Waals surface area (Å²) in [6.45, 7) is 1.05. The molecule has 3 heterocycles. The summed E-state index contributed by atoms with van der Waals surface area (Å²) in [6, 6.07) is 9.75. The summed E-state index contributed by atoms with van der Waals surface area (Å²) in [5.74, 6) is -1.52. The van der Waals surface area contributed by atoms with Gasteiger partial charge in [0, 0.05) is 78.1 Å². The van der Waals surface area contributed by atoms with Crippen LogP contribution in [0.15, 0.2) is 70.8 Å². The molecule has 1 aliphatic rings. The lowest BCUT2D eigenvalue weighted by atomic mass is 9.89. The van der Waals surface area contributed by atoms with Crippen molar-refractivity contribution in [3.63, 3.8) is 0 Å². The Bertz CT molecular complexity index is 1900. The molecule has 6 N–H and O–H groups in total. The van der Waals surface area contributed by atoms with E-state index in [0.717, 1.165) is 34.2 Å². The monoisotopic (exact) mass is 770 g/mol. The molecule has 0 unspecified atom stereocenters. The molecule has 9 nitrogen and oxygen atoms in total. The van der Waals surface area contributed by atoms with E-state index in [4.69, 9.17) is 23.1 Å². The molecule has 0 bridgehead atoms. The Morgan fingerprint density at radius 3 is 2.51 bits per heavy atom. The summed E-state index contributed by atoms with van der Waals surface area (Å²) in [5, 5.41) is 4.16.